The van der Waals surface area contributed by atoms with E-state index in [4.69, 9.17) is 9.47 Å². The highest BCUT2D eigenvalue weighted by molar-refractivity contribution is 6.38. The van der Waals surface area contributed by atoms with Gasteiger partial charge >= 0.3 is 6.09 Å². The van der Waals surface area contributed by atoms with E-state index in [0.717, 1.165) is 51.9 Å². The first kappa shape index (κ1) is 32.1. The van der Waals surface area contributed by atoms with Crippen LogP contribution in [0.1, 0.15) is 84.0 Å². The molecule has 0 aromatic carbocycles. The number of carbonyl (C=O) groups excluding carboxylic acids is 5. The third-order valence-electron chi connectivity index (χ3n) is 9.11. The van der Waals surface area contributed by atoms with Gasteiger partial charge in [-0.25, -0.2) is 13.6 Å². The van der Waals surface area contributed by atoms with Crippen molar-refractivity contribution >= 4 is 29.6 Å². The predicted molar refractivity (Wildman–Crippen MR) is 146 cm³/mol. The molecule has 2 saturated heterocycles. The standard InChI is InChI=1S/C29H44F2N4O7/c1-28(30,31)13-8-20(23(36)25(38)32-19-6-7-19)33-24(37)21-16-29(11-4-3-5-12-29)17-35(21)26(39)22(34-27(40)41-2)18-9-14-42-15-10-18/h18-22H,3-17H2,1-2H3,(H,32,38)(H,33,37)(H,34,40)/t20-,21-,22-/m0/s1. The van der Waals surface area contributed by atoms with Gasteiger partial charge < -0.3 is 30.3 Å². The van der Waals surface area contributed by atoms with Crippen molar-refractivity contribution in [3.05, 3.63) is 0 Å². The molecular formula is C29H44F2N4O7. The zero-order valence-electron chi connectivity index (χ0n) is 24.6. The van der Waals surface area contributed by atoms with Gasteiger partial charge in [-0.1, -0.05) is 19.3 Å². The normalized spacial score (nSPS) is 24.0. The third-order valence-corrected chi connectivity index (χ3v) is 9.11. The van der Waals surface area contributed by atoms with Gasteiger partial charge in [0.05, 0.1) is 13.2 Å². The number of nitrogens with zero attached hydrogens (tertiary/aromatic N) is 1. The maximum absolute atomic E-state index is 14.2. The predicted octanol–water partition coefficient (Wildman–Crippen LogP) is 2.46. The summed E-state index contributed by atoms with van der Waals surface area (Å²) in [4.78, 5) is 67.3. The molecule has 0 aromatic heterocycles. The number of alkyl halides is 2. The van der Waals surface area contributed by atoms with Crippen molar-refractivity contribution in [1.82, 2.24) is 20.9 Å². The van der Waals surface area contributed by atoms with Crippen molar-refractivity contribution in [2.24, 2.45) is 11.3 Å². The van der Waals surface area contributed by atoms with E-state index in [1.54, 1.807) is 0 Å². The fraction of sp³-hybridized carbons (Fsp3) is 0.828. The van der Waals surface area contributed by atoms with Gasteiger partial charge in [0, 0.05) is 32.2 Å². The number of ketones is 1. The molecule has 0 radical (unpaired) electrons. The summed E-state index contributed by atoms with van der Waals surface area (Å²) in [7, 11) is 1.21. The van der Waals surface area contributed by atoms with Crippen molar-refractivity contribution in [2.45, 2.75) is 114 Å². The summed E-state index contributed by atoms with van der Waals surface area (Å²) in [5.41, 5.74) is -0.305. The number of hydrogen-bond acceptors (Lipinski definition) is 7. The Kier molecular flexibility index (Phi) is 10.4. The Labute approximate surface area is 245 Å². The van der Waals surface area contributed by atoms with Gasteiger partial charge in [0.25, 0.3) is 5.91 Å². The SMILES string of the molecule is COC(=O)N[C@H](C(=O)N1CC2(CCCCC2)C[C@H]1C(=O)N[C@@H](CCC(C)(F)F)C(=O)C(=O)NC1CC1)C1CCOCC1. The second-order valence-corrected chi connectivity index (χ2v) is 12.6. The summed E-state index contributed by atoms with van der Waals surface area (Å²) >= 11 is 0. The molecule has 3 atom stereocenters. The lowest BCUT2D eigenvalue weighted by Crippen LogP contribution is -2.58. The number of rotatable bonds is 11. The summed E-state index contributed by atoms with van der Waals surface area (Å²) in [6, 6.07) is -3.51. The highest BCUT2D eigenvalue weighted by atomic mass is 19.3. The Hall–Kier alpha value is -2.83. The first-order chi connectivity index (χ1) is 19.9. The van der Waals surface area contributed by atoms with Crippen LogP contribution < -0.4 is 16.0 Å². The lowest BCUT2D eigenvalue weighted by molar-refractivity contribution is -0.144. The number of alkyl carbamates (subject to hydrolysis) is 1. The molecule has 4 amide bonds. The first-order valence-electron chi connectivity index (χ1n) is 15.2. The fourth-order valence-electron chi connectivity index (χ4n) is 6.56. The van der Waals surface area contributed by atoms with E-state index in [2.05, 4.69) is 16.0 Å². The Balaban J connectivity index is 1.57. The maximum atomic E-state index is 14.2. The molecule has 4 aliphatic rings. The molecule has 236 valence electrons. The molecule has 2 aliphatic heterocycles. The van der Waals surface area contributed by atoms with Gasteiger partial charge in [-0.3, -0.25) is 19.2 Å². The second kappa shape index (κ2) is 13.6. The minimum atomic E-state index is -3.10. The van der Waals surface area contributed by atoms with E-state index in [-0.39, 0.29) is 17.4 Å². The van der Waals surface area contributed by atoms with Gasteiger partial charge in [-0.05, 0) is 69.6 Å². The van der Waals surface area contributed by atoms with Gasteiger partial charge in [0.2, 0.25) is 23.5 Å². The van der Waals surface area contributed by atoms with Crippen LogP contribution in [0.25, 0.3) is 0 Å². The number of hydrogen-bond donors (Lipinski definition) is 3. The molecule has 2 saturated carbocycles. The zero-order valence-corrected chi connectivity index (χ0v) is 24.6. The van der Waals surface area contributed by atoms with E-state index in [1.807, 2.05) is 0 Å². The molecule has 4 rings (SSSR count). The monoisotopic (exact) mass is 598 g/mol. The molecule has 0 bridgehead atoms. The number of halogens is 2. The van der Waals surface area contributed by atoms with E-state index >= 15 is 0 Å². The highest BCUT2D eigenvalue weighted by Gasteiger charge is 2.51. The smallest absolute Gasteiger partial charge is 0.407 e. The quantitative estimate of drug-likeness (QED) is 0.310. The summed E-state index contributed by atoms with van der Waals surface area (Å²) in [6.45, 7) is 1.88. The topological polar surface area (TPSA) is 143 Å². The van der Waals surface area contributed by atoms with Crippen LogP contribution >= 0.6 is 0 Å². The number of ether oxygens (including phenoxy) is 2. The van der Waals surface area contributed by atoms with E-state index < -0.39 is 66.5 Å². The van der Waals surface area contributed by atoms with Crippen molar-refractivity contribution in [2.75, 3.05) is 26.9 Å². The summed E-state index contributed by atoms with van der Waals surface area (Å²) in [5.74, 6) is -6.31. The Morgan fingerprint density at radius 3 is 2.29 bits per heavy atom. The average molecular weight is 599 g/mol. The van der Waals surface area contributed by atoms with Gasteiger partial charge in [0.1, 0.15) is 12.1 Å². The van der Waals surface area contributed by atoms with Crippen molar-refractivity contribution < 1.29 is 42.2 Å². The van der Waals surface area contributed by atoms with Crippen LogP contribution in [0.3, 0.4) is 0 Å². The van der Waals surface area contributed by atoms with Gasteiger partial charge in [-0.15, -0.1) is 0 Å². The Morgan fingerprint density at radius 2 is 1.69 bits per heavy atom. The second-order valence-electron chi connectivity index (χ2n) is 12.6. The van der Waals surface area contributed by atoms with E-state index in [0.29, 0.717) is 39.0 Å². The molecular weight excluding hydrogens is 554 g/mol. The van der Waals surface area contributed by atoms with Crippen molar-refractivity contribution in [1.29, 1.82) is 0 Å². The zero-order chi connectivity index (χ0) is 30.5. The molecule has 0 unspecified atom stereocenters. The fourth-order valence-corrected chi connectivity index (χ4v) is 6.56. The molecule has 1 spiro atoms. The van der Waals surface area contributed by atoms with Crippen molar-refractivity contribution in [3.63, 3.8) is 0 Å². The van der Waals surface area contributed by atoms with Crippen LogP contribution in [0.2, 0.25) is 0 Å². The molecule has 2 aliphatic carbocycles. The van der Waals surface area contributed by atoms with Crippen LogP contribution in [-0.2, 0) is 28.7 Å². The van der Waals surface area contributed by atoms with Gasteiger partial charge in [-0.2, -0.15) is 0 Å². The van der Waals surface area contributed by atoms with Crippen LogP contribution in [-0.4, -0.2) is 91.5 Å². The molecule has 4 fully saturated rings. The van der Waals surface area contributed by atoms with Crippen LogP contribution in [0.15, 0.2) is 0 Å². The van der Waals surface area contributed by atoms with Crippen LogP contribution in [0.5, 0.6) is 0 Å². The molecule has 2 heterocycles. The van der Waals surface area contributed by atoms with Crippen LogP contribution in [0.4, 0.5) is 13.6 Å². The summed E-state index contributed by atoms with van der Waals surface area (Å²) in [5, 5.41) is 7.81. The molecule has 0 aromatic rings. The Morgan fingerprint density at radius 1 is 1.02 bits per heavy atom. The summed E-state index contributed by atoms with van der Waals surface area (Å²) < 4.78 is 37.8. The number of Topliss-reactive ketones (excluding diaryl/α,β-unsaturated/α-hetero) is 1. The van der Waals surface area contributed by atoms with Gasteiger partial charge in [0.15, 0.2) is 0 Å². The van der Waals surface area contributed by atoms with E-state index in [9.17, 15) is 32.8 Å². The molecule has 13 heteroatoms. The average Bonchev–Trinajstić information content (AvgIpc) is 3.71. The third kappa shape index (κ3) is 8.38. The Bertz CT molecular complexity index is 1020. The van der Waals surface area contributed by atoms with Crippen LogP contribution in [0, 0.1) is 11.3 Å². The minimum Gasteiger partial charge on any atom is -0.453 e. The lowest BCUT2D eigenvalue weighted by atomic mass is 9.72. The highest BCUT2D eigenvalue weighted by Crippen LogP contribution is 2.47. The number of methoxy groups -OCH3 is 1. The minimum absolute atomic E-state index is 0.121. The van der Waals surface area contributed by atoms with E-state index in [1.165, 1.54) is 12.0 Å². The summed E-state index contributed by atoms with van der Waals surface area (Å²) in [6.07, 6.45) is 5.60. The lowest BCUT2D eigenvalue weighted by Gasteiger charge is -2.36. The number of amides is 4. The first-order valence-corrected chi connectivity index (χ1v) is 15.2. The number of likely N-dealkylation sites (tertiary alicyclic amines) is 1. The number of nitrogens with one attached hydrogen (secondary N) is 3. The number of carbonyl (C=O) groups is 5. The molecule has 3 N–H and O–H groups in total. The molecule has 11 nitrogen and oxygen atoms in total. The largest absolute Gasteiger partial charge is 0.453 e. The maximum Gasteiger partial charge on any atom is 0.407 e. The molecule has 42 heavy (non-hydrogen) atoms. The van der Waals surface area contributed by atoms with Crippen molar-refractivity contribution in [3.8, 4) is 0 Å².